The van der Waals surface area contributed by atoms with E-state index in [0.717, 1.165) is 19.3 Å². The fourth-order valence-corrected chi connectivity index (χ4v) is 0.656. The minimum atomic E-state index is -1.31. The highest BCUT2D eigenvalue weighted by Crippen LogP contribution is 1.97. The van der Waals surface area contributed by atoms with Crippen LogP contribution in [0.1, 0.15) is 39.0 Å². The van der Waals surface area contributed by atoms with E-state index in [1.807, 2.05) is 0 Å². The second-order valence-electron chi connectivity index (χ2n) is 2.82. The molecule has 6 heteroatoms. The van der Waals surface area contributed by atoms with Crippen LogP contribution in [0, 0.1) is 0 Å². The number of carboxylic acids is 3. The van der Waals surface area contributed by atoms with E-state index in [-0.39, 0.29) is 0 Å². The van der Waals surface area contributed by atoms with Gasteiger partial charge in [-0.05, 0) is 6.42 Å². The van der Waals surface area contributed by atoms with Crippen LogP contribution < -0.4 is 0 Å². The number of unbranched alkanes of at least 4 members (excludes halogenated alkanes) is 2. The van der Waals surface area contributed by atoms with Gasteiger partial charge in [-0.2, -0.15) is 0 Å². The molecule has 0 aromatic heterocycles. The molecule has 0 aliphatic carbocycles. The summed E-state index contributed by atoms with van der Waals surface area (Å²) in [7, 11) is 0. The molecule has 0 bridgehead atoms. The molecule has 0 unspecified atom stereocenters. The van der Waals surface area contributed by atoms with Gasteiger partial charge in [0.25, 0.3) is 0 Å². The molecule has 3 N–H and O–H groups in total. The van der Waals surface area contributed by atoms with Gasteiger partial charge in [-0.3, -0.25) is 14.4 Å². The fourth-order valence-electron chi connectivity index (χ4n) is 0.656. The first-order valence-corrected chi connectivity index (χ1v) is 4.55. The molecule has 0 spiro atoms. The van der Waals surface area contributed by atoms with Crippen molar-refractivity contribution in [3.63, 3.8) is 0 Å². The number of aliphatic carboxylic acids is 3. The first-order valence-electron chi connectivity index (χ1n) is 4.55. The summed E-state index contributed by atoms with van der Waals surface area (Å²) in [5, 5.41) is 23.5. The van der Waals surface area contributed by atoms with E-state index in [0.29, 0.717) is 6.42 Å². The molecular formula is C9H16O6. The maximum Gasteiger partial charge on any atom is 0.314 e. The van der Waals surface area contributed by atoms with Gasteiger partial charge in [0.1, 0.15) is 6.42 Å². The fraction of sp³-hybridized carbons (Fsp3) is 0.667. The highest BCUT2D eigenvalue weighted by atomic mass is 16.4. The molecule has 0 aliphatic rings. The summed E-state index contributed by atoms with van der Waals surface area (Å²) in [5.41, 5.74) is 0. The zero-order valence-electron chi connectivity index (χ0n) is 8.60. The van der Waals surface area contributed by atoms with Gasteiger partial charge in [-0.15, -0.1) is 0 Å². The van der Waals surface area contributed by atoms with Crippen molar-refractivity contribution in [3.05, 3.63) is 0 Å². The predicted octanol–water partition coefficient (Wildman–Crippen LogP) is 1.20. The molecule has 88 valence electrons. The van der Waals surface area contributed by atoms with Crippen molar-refractivity contribution < 1.29 is 29.7 Å². The molecule has 0 heterocycles. The van der Waals surface area contributed by atoms with Gasteiger partial charge in [0, 0.05) is 6.42 Å². The lowest BCUT2D eigenvalue weighted by atomic mass is 10.2. The number of rotatable bonds is 6. The lowest BCUT2D eigenvalue weighted by molar-refractivity contribution is -0.147. The van der Waals surface area contributed by atoms with Gasteiger partial charge < -0.3 is 15.3 Å². The molecule has 15 heavy (non-hydrogen) atoms. The first-order chi connectivity index (χ1) is 6.90. The van der Waals surface area contributed by atoms with E-state index < -0.39 is 24.3 Å². The molecule has 0 aliphatic heterocycles. The SMILES string of the molecule is CCCCCC(=O)O.O=C(O)CC(=O)O. The number of carbonyl (C=O) groups is 3. The Labute approximate surface area is 87.5 Å². The van der Waals surface area contributed by atoms with E-state index >= 15 is 0 Å². The van der Waals surface area contributed by atoms with Crippen LogP contribution in [0.5, 0.6) is 0 Å². The van der Waals surface area contributed by atoms with E-state index in [4.69, 9.17) is 15.3 Å². The summed E-state index contributed by atoms with van der Waals surface area (Å²) < 4.78 is 0. The number of hydrogen-bond acceptors (Lipinski definition) is 3. The molecule has 0 rings (SSSR count). The average Bonchev–Trinajstić information content (AvgIpc) is 2.02. The summed E-state index contributed by atoms with van der Waals surface area (Å²) >= 11 is 0. The standard InChI is InChI=1S/C6H12O2.C3H4O4/c1-2-3-4-5-6(7)8;4-2(5)1-3(6)7/h2-5H2,1H3,(H,7,8);1H2,(H,4,5)(H,6,7). The molecule has 0 saturated heterocycles. The van der Waals surface area contributed by atoms with Gasteiger partial charge >= 0.3 is 17.9 Å². The van der Waals surface area contributed by atoms with E-state index in [9.17, 15) is 14.4 Å². The topological polar surface area (TPSA) is 112 Å². The van der Waals surface area contributed by atoms with Gasteiger partial charge in [-0.1, -0.05) is 19.8 Å². The minimum absolute atomic E-state index is 0.327. The monoisotopic (exact) mass is 220 g/mol. The normalized spacial score (nSPS) is 8.60. The van der Waals surface area contributed by atoms with Crippen molar-refractivity contribution in [3.8, 4) is 0 Å². The zero-order chi connectivity index (χ0) is 12.3. The Morgan fingerprint density at radius 3 is 1.53 bits per heavy atom. The zero-order valence-corrected chi connectivity index (χ0v) is 8.60. The Hall–Kier alpha value is -1.59. The van der Waals surface area contributed by atoms with Crippen molar-refractivity contribution in [2.75, 3.05) is 0 Å². The van der Waals surface area contributed by atoms with Crippen LogP contribution in [-0.4, -0.2) is 33.2 Å². The molecular weight excluding hydrogens is 204 g/mol. The minimum Gasteiger partial charge on any atom is -0.481 e. The number of hydrogen-bond donors (Lipinski definition) is 3. The van der Waals surface area contributed by atoms with Crippen LogP contribution in [0.25, 0.3) is 0 Å². The van der Waals surface area contributed by atoms with Crippen LogP contribution in [0.15, 0.2) is 0 Å². The van der Waals surface area contributed by atoms with Gasteiger partial charge in [-0.25, -0.2) is 0 Å². The molecule has 0 amide bonds. The van der Waals surface area contributed by atoms with Crippen LogP contribution in [0.4, 0.5) is 0 Å². The summed E-state index contributed by atoms with van der Waals surface area (Å²) in [4.78, 5) is 28.7. The van der Waals surface area contributed by atoms with E-state index in [2.05, 4.69) is 6.92 Å². The summed E-state index contributed by atoms with van der Waals surface area (Å²) in [6.07, 6.45) is 2.47. The largest absolute Gasteiger partial charge is 0.481 e. The molecule has 0 aromatic rings. The third kappa shape index (κ3) is 24.5. The Bertz CT molecular complexity index is 199. The third-order valence-corrected chi connectivity index (χ3v) is 1.30. The lowest BCUT2D eigenvalue weighted by Crippen LogP contribution is -2.03. The van der Waals surface area contributed by atoms with E-state index in [1.165, 1.54) is 0 Å². The van der Waals surface area contributed by atoms with Crippen molar-refractivity contribution in [1.82, 2.24) is 0 Å². The van der Waals surface area contributed by atoms with Crippen molar-refractivity contribution in [2.45, 2.75) is 39.0 Å². The molecule has 0 saturated carbocycles. The first kappa shape index (κ1) is 15.9. The van der Waals surface area contributed by atoms with Crippen molar-refractivity contribution >= 4 is 17.9 Å². The van der Waals surface area contributed by atoms with Crippen LogP contribution >= 0.6 is 0 Å². The third-order valence-electron chi connectivity index (χ3n) is 1.30. The highest BCUT2D eigenvalue weighted by Gasteiger charge is 2.01. The Morgan fingerprint density at radius 1 is 0.867 bits per heavy atom. The van der Waals surface area contributed by atoms with Crippen molar-refractivity contribution in [2.24, 2.45) is 0 Å². The van der Waals surface area contributed by atoms with Gasteiger partial charge in [0.05, 0.1) is 0 Å². The molecule has 0 aromatic carbocycles. The maximum absolute atomic E-state index is 9.87. The molecule has 0 fully saturated rings. The lowest BCUT2D eigenvalue weighted by Gasteiger charge is -1.89. The summed E-state index contributed by atoms with van der Waals surface area (Å²) in [6.45, 7) is 2.06. The summed E-state index contributed by atoms with van der Waals surface area (Å²) in [5.74, 6) is -3.31. The van der Waals surface area contributed by atoms with Gasteiger partial charge in [0.2, 0.25) is 0 Å². The summed E-state index contributed by atoms with van der Waals surface area (Å²) in [6, 6.07) is 0. The smallest absolute Gasteiger partial charge is 0.314 e. The maximum atomic E-state index is 9.87. The van der Waals surface area contributed by atoms with Crippen LogP contribution in [0.3, 0.4) is 0 Å². The molecule has 6 nitrogen and oxygen atoms in total. The Balaban J connectivity index is 0. The van der Waals surface area contributed by atoms with Gasteiger partial charge in [0.15, 0.2) is 0 Å². The molecule has 0 radical (unpaired) electrons. The Morgan fingerprint density at radius 2 is 1.33 bits per heavy atom. The predicted molar refractivity (Wildman–Crippen MR) is 51.7 cm³/mol. The second-order valence-corrected chi connectivity index (χ2v) is 2.82. The van der Waals surface area contributed by atoms with Crippen molar-refractivity contribution in [1.29, 1.82) is 0 Å². The van der Waals surface area contributed by atoms with Crippen LogP contribution in [-0.2, 0) is 14.4 Å². The Kier molecular flexibility index (Phi) is 11.1. The molecule has 0 atom stereocenters. The second kappa shape index (κ2) is 10.5. The highest BCUT2D eigenvalue weighted by molar-refractivity contribution is 5.88. The average molecular weight is 220 g/mol. The number of carboxylic acid groups (broad SMARTS) is 3. The van der Waals surface area contributed by atoms with E-state index in [1.54, 1.807) is 0 Å². The van der Waals surface area contributed by atoms with Crippen LogP contribution in [0.2, 0.25) is 0 Å². The quantitative estimate of drug-likeness (QED) is 0.458.